The summed E-state index contributed by atoms with van der Waals surface area (Å²) >= 11 is 0. The molecule has 0 spiro atoms. The van der Waals surface area contributed by atoms with E-state index >= 15 is 0 Å². The van der Waals surface area contributed by atoms with Crippen molar-refractivity contribution >= 4 is 23.6 Å². The number of Topliss-reactive ketones (excluding diaryl/α,β-unsaturated/α-hetero) is 1. The molecule has 2 aliphatic heterocycles. The van der Waals surface area contributed by atoms with Crippen molar-refractivity contribution in [2.24, 2.45) is 17.3 Å². The van der Waals surface area contributed by atoms with Gasteiger partial charge in [0.05, 0.1) is 25.7 Å². The maximum atomic E-state index is 13.2. The molecule has 1 N–H and O–H groups in total. The number of rotatable bonds is 8. The number of likely N-dealkylation sites (tertiary alicyclic amines) is 1. The molecule has 0 bridgehead atoms. The zero-order valence-electron chi connectivity index (χ0n) is 21.7. The molecule has 2 heterocycles. The van der Waals surface area contributed by atoms with Gasteiger partial charge in [0.2, 0.25) is 11.8 Å². The van der Waals surface area contributed by atoms with Crippen LogP contribution < -0.4 is 5.32 Å². The molecule has 0 aliphatic carbocycles. The third-order valence-electron chi connectivity index (χ3n) is 7.31. The predicted octanol–water partition coefficient (Wildman–Crippen LogP) is 3.05. The van der Waals surface area contributed by atoms with Crippen LogP contribution in [0.4, 0.5) is 0 Å². The number of ketones is 1. The molecule has 2 fully saturated rings. The Labute approximate surface area is 213 Å². The lowest BCUT2D eigenvalue weighted by atomic mass is 9.71. The zero-order valence-corrected chi connectivity index (χ0v) is 21.7. The number of carbonyl (C=O) groups is 4. The van der Waals surface area contributed by atoms with Gasteiger partial charge < -0.3 is 19.7 Å². The number of benzene rings is 1. The first-order valence-corrected chi connectivity index (χ1v) is 12.6. The van der Waals surface area contributed by atoms with Crippen LogP contribution in [0.5, 0.6) is 0 Å². The number of esters is 1. The molecule has 3 atom stereocenters. The molecule has 0 saturated carbocycles. The molecule has 0 aromatic heterocycles. The number of amides is 2. The first kappa shape index (κ1) is 27.6. The summed E-state index contributed by atoms with van der Waals surface area (Å²) in [6.07, 6.45) is 0.0497. The highest BCUT2D eigenvalue weighted by molar-refractivity contribution is 6.13. The van der Waals surface area contributed by atoms with Gasteiger partial charge in [0.1, 0.15) is 0 Å². The van der Waals surface area contributed by atoms with Gasteiger partial charge in [-0.2, -0.15) is 0 Å². The Bertz CT molecular complexity index is 983. The maximum absolute atomic E-state index is 13.2. The number of nitrogens with zero attached hydrogens (tertiary/aromatic N) is 1. The van der Waals surface area contributed by atoms with E-state index in [4.69, 9.17) is 9.47 Å². The fourth-order valence-electron chi connectivity index (χ4n) is 4.96. The minimum absolute atomic E-state index is 0.0135. The number of hydrogen-bond donors (Lipinski definition) is 1. The number of piperidine rings is 1. The van der Waals surface area contributed by atoms with Crippen LogP contribution in [0.2, 0.25) is 0 Å². The fraction of sp³-hybridized carbons (Fsp3) is 0.571. The Kier molecular flexibility index (Phi) is 9.06. The zero-order chi connectivity index (χ0) is 26.5. The molecule has 2 amide bonds. The van der Waals surface area contributed by atoms with E-state index in [9.17, 15) is 19.2 Å². The average Bonchev–Trinajstić information content (AvgIpc) is 2.88. The van der Waals surface area contributed by atoms with E-state index in [0.717, 1.165) is 5.56 Å². The van der Waals surface area contributed by atoms with E-state index < -0.39 is 29.4 Å². The largest absolute Gasteiger partial charge is 0.468 e. The maximum Gasteiger partial charge on any atom is 0.322 e. The third-order valence-corrected chi connectivity index (χ3v) is 7.31. The minimum atomic E-state index is -1.63. The molecular weight excluding hydrogens is 460 g/mol. The molecule has 2 aliphatic rings. The third kappa shape index (κ3) is 6.03. The van der Waals surface area contributed by atoms with E-state index in [1.165, 1.54) is 14.0 Å². The van der Waals surface area contributed by atoms with Gasteiger partial charge in [0, 0.05) is 31.1 Å². The lowest BCUT2D eigenvalue weighted by molar-refractivity contribution is -0.178. The molecule has 8 heteroatoms. The number of methoxy groups -OCH3 is 1. The predicted molar refractivity (Wildman–Crippen MR) is 135 cm³/mol. The highest BCUT2D eigenvalue weighted by atomic mass is 16.5. The molecule has 1 aromatic carbocycles. The summed E-state index contributed by atoms with van der Waals surface area (Å²) < 4.78 is 11.1. The summed E-state index contributed by atoms with van der Waals surface area (Å²) in [5.74, 6) is -1.31. The second kappa shape index (κ2) is 11.8. The van der Waals surface area contributed by atoms with Gasteiger partial charge >= 0.3 is 5.97 Å². The van der Waals surface area contributed by atoms with Crippen LogP contribution in [0.25, 0.3) is 0 Å². The van der Waals surface area contributed by atoms with Crippen molar-refractivity contribution in [1.29, 1.82) is 0 Å². The van der Waals surface area contributed by atoms with Crippen molar-refractivity contribution in [1.82, 2.24) is 10.2 Å². The van der Waals surface area contributed by atoms with E-state index in [1.54, 1.807) is 4.90 Å². The van der Waals surface area contributed by atoms with Gasteiger partial charge in [0.25, 0.3) is 0 Å². The summed E-state index contributed by atoms with van der Waals surface area (Å²) in [5.41, 5.74) is -0.361. The summed E-state index contributed by atoms with van der Waals surface area (Å²) in [7, 11) is 1.22. The van der Waals surface area contributed by atoms with Gasteiger partial charge in [-0.25, -0.2) is 0 Å². The molecule has 36 heavy (non-hydrogen) atoms. The van der Waals surface area contributed by atoms with Gasteiger partial charge in [0.15, 0.2) is 11.2 Å². The number of nitrogens with one attached hydrogen (secondary N) is 1. The Morgan fingerprint density at radius 1 is 1.19 bits per heavy atom. The summed E-state index contributed by atoms with van der Waals surface area (Å²) in [4.78, 5) is 53.5. The Hall–Kier alpha value is -3.00. The fourth-order valence-corrected chi connectivity index (χ4v) is 4.96. The molecule has 2 saturated heterocycles. The van der Waals surface area contributed by atoms with Crippen molar-refractivity contribution in [3.8, 4) is 0 Å². The van der Waals surface area contributed by atoms with Crippen LogP contribution in [0, 0.1) is 17.3 Å². The first-order chi connectivity index (χ1) is 17.1. The average molecular weight is 499 g/mol. The lowest BCUT2D eigenvalue weighted by Crippen LogP contribution is -2.57. The van der Waals surface area contributed by atoms with Crippen LogP contribution in [-0.4, -0.2) is 60.9 Å². The smallest absolute Gasteiger partial charge is 0.322 e. The molecular formula is C28H38N2O6. The highest BCUT2D eigenvalue weighted by Gasteiger charge is 2.56. The number of carbonyl (C=O) groups excluding carboxylic acids is 4. The lowest BCUT2D eigenvalue weighted by Gasteiger charge is -2.43. The van der Waals surface area contributed by atoms with Crippen molar-refractivity contribution in [3.05, 3.63) is 48.0 Å². The second-order valence-electron chi connectivity index (χ2n) is 10.4. The van der Waals surface area contributed by atoms with Crippen LogP contribution in [0.1, 0.15) is 52.0 Å². The molecule has 196 valence electrons. The van der Waals surface area contributed by atoms with Gasteiger partial charge in [-0.15, -0.1) is 0 Å². The van der Waals surface area contributed by atoms with Crippen molar-refractivity contribution in [2.75, 3.05) is 20.2 Å². The van der Waals surface area contributed by atoms with Crippen molar-refractivity contribution < 1.29 is 28.7 Å². The van der Waals surface area contributed by atoms with E-state index in [1.807, 2.05) is 44.2 Å². The topological polar surface area (TPSA) is 102 Å². The quantitative estimate of drug-likeness (QED) is 0.336. The molecule has 8 nitrogen and oxygen atoms in total. The van der Waals surface area contributed by atoms with E-state index in [-0.39, 0.29) is 35.6 Å². The van der Waals surface area contributed by atoms with E-state index in [2.05, 4.69) is 11.9 Å². The van der Waals surface area contributed by atoms with Crippen LogP contribution in [0.15, 0.2) is 42.5 Å². The SMILES string of the molecule is C=C1C(=O)[C@](C)(C(=O)OC)[C@@H](CC(=O)N2CCC(C(=O)NCc3ccccc3)CC2)O[C@H]1CC(C)C. The summed E-state index contributed by atoms with van der Waals surface area (Å²) in [6, 6.07) is 9.72. The van der Waals surface area contributed by atoms with Gasteiger partial charge in [-0.1, -0.05) is 50.8 Å². The van der Waals surface area contributed by atoms with Crippen LogP contribution in [-0.2, 0) is 35.2 Å². The summed E-state index contributed by atoms with van der Waals surface area (Å²) in [6.45, 7) is 10.7. The normalized spacial score (nSPS) is 25.1. The Balaban J connectivity index is 1.61. The highest BCUT2D eigenvalue weighted by Crippen LogP contribution is 2.40. The Morgan fingerprint density at radius 2 is 1.83 bits per heavy atom. The van der Waals surface area contributed by atoms with Crippen LogP contribution in [0.3, 0.4) is 0 Å². The molecule has 1 aromatic rings. The second-order valence-corrected chi connectivity index (χ2v) is 10.4. The standard InChI is InChI=1S/C28H38N2O6/c1-18(2)15-22-19(3)25(32)28(4,27(34)35-5)23(36-22)16-24(31)30-13-11-21(12-14-30)26(33)29-17-20-9-7-6-8-10-20/h6-10,18,21-23H,3,11-17H2,1-2,4-5H3,(H,29,33)/t22-,23+,28+/m0/s1. The van der Waals surface area contributed by atoms with Crippen LogP contribution >= 0.6 is 0 Å². The van der Waals surface area contributed by atoms with Gasteiger partial charge in [-0.3, -0.25) is 19.2 Å². The van der Waals surface area contributed by atoms with Gasteiger partial charge in [-0.05, 0) is 37.7 Å². The number of hydrogen-bond acceptors (Lipinski definition) is 6. The van der Waals surface area contributed by atoms with E-state index in [0.29, 0.717) is 38.9 Å². The summed E-state index contributed by atoms with van der Waals surface area (Å²) in [5, 5.41) is 2.98. The molecule has 3 rings (SSSR count). The first-order valence-electron chi connectivity index (χ1n) is 12.6. The van der Waals surface area contributed by atoms with Crippen molar-refractivity contribution in [2.45, 2.75) is 65.2 Å². The molecule has 0 radical (unpaired) electrons. The molecule has 0 unspecified atom stereocenters. The minimum Gasteiger partial charge on any atom is -0.468 e. The van der Waals surface area contributed by atoms with Crippen molar-refractivity contribution in [3.63, 3.8) is 0 Å². The number of ether oxygens (including phenoxy) is 2. The monoisotopic (exact) mass is 498 g/mol. The Morgan fingerprint density at radius 3 is 2.42 bits per heavy atom.